The smallest absolute Gasteiger partial charge is 0.262 e. The molecule has 1 saturated carbocycles. The summed E-state index contributed by atoms with van der Waals surface area (Å²) in [5.74, 6) is -1.17. The Hall–Kier alpha value is -5.78. The maximum Gasteiger partial charge on any atom is 0.262 e. The molecule has 14 nitrogen and oxygen atoms in total. The number of ether oxygens (including phenoxy) is 1. The molecule has 5 aliphatic heterocycles. The third-order valence-electron chi connectivity index (χ3n) is 13.5. The minimum absolute atomic E-state index is 0.0437. The van der Waals surface area contributed by atoms with Crippen molar-refractivity contribution in [2.24, 2.45) is 16.7 Å². The molecule has 1 aliphatic carbocycles. The zero-order valence-electron chi connectivity index (χ0n) is 34.0. The van der Waals surface area contributed by atoms with Crippen LogP contribution in [0.3, 0.4) is 0 Å². The zero-order valence-corrected chi connectivity index (χ0v) is 34.8. The first kappa shape index (κ1) is 39.7. The van der Waals surface area contributed by atoms with Crippen LogP contribution < -0.4 is 15.0 Å². The standard InChI is InChI=1S/C45H46ClN7O7/c1-44(2)42(45(3,4)43(44)60-30-8-5-27(20-47)34(46)19-30)52-24-28-17-26(6-9-31(28)39(52)57)38(56)50-15-13-49(14-16-50)21-25-22-51(23-25)29-7-10-32-33(18-29)41(59)53(40(32)58)35-11-12-36(54)48-37(35)55/h5-10,17-19,25,35,42-43H,11-16,21-24H2,1-4H3,(H,48,54,55). The lowest BCUT2D eigenvalue weighted by Crippen LogP contribution is -2.74. The minimum Gasteiger partial charge on any atom is -0.489 e. The van der Waals surface area contributed by atoms with Gasteiger partial charge in [-0.3, -0.25) is 43.9 Å². The molecule has 0 radical (unpaired) electrons. The van der Waals surface area contributed by atoms with E-state index in [1.54, 1.807) is 42.5 Å². The molecule has 9 rings (SSSR count). The molecular weight excluding hydrogens is 786 g/mol. The number of rotatable bonds is 8. The first-order valence-corrected chi connectivity index (χ1v) is 20.9. The van der Waals surface area contributed by atoms with Crippen LogP contribution in [0.5, 0.6) is 5.75 Å². The second kappa shape index (κ2) is 14.4. The molecule has 0 aromatic heterocycles. The molecule has 3 aromatic carbocycles. The largest absolute Gasteiger partial charge is 0.489 e. The normalized spacial score (nSPS) is 24.7. The Balaban J connectivity index is 0.767. The summed E-state index contributed by atoms with van der Waals surface area (Å²) in [5.41, 5.74) is 3.01. The number of carbonyl (C=O) groups is 6. The Kier molecular flexibility index (Phi) is 9.55. The van der Waals surface area contributed by atoms with E-state index in [-0.39, 0.29) is 47.9 Å². The third kappa shape index (κ3) is 6.41. The number of nitrogens with one attached hydrogen (secondary N) is 1. The Bertz CT molecular complexity index is 2410. The minimum atomic E-state index is -0.995. The molecule has 15 heteroatoms. The van der Waals surface area contributed by atoms with Crippen LogP contribution in [0, 0.1) is 28.1 Å². The van der Waals surface area contributed by atoms with Crippen molar-refractivity contribution in [3.8, 4) is 11.8 Å². The number of benzene rings is 3. The monoisotopic (exact) mass is 831 g/mol. The van der Waals surface area contributed by atoms with Gasteiger partial charge in [0, 0.05) is 104 Å². The van der Waals surface area contributed by atoms with Crippen LogP contribution in [0.4, 0.5) is 5.69 Å². The SMILES string of the molecule is CC1(C)C(Oc2ccc(C#N)c(Cl)c2)C(C)(C)C1N1Cc2cc(C(=O)N3CCN(CC4CN(c5ccc6c(c5)C(=O)N(C5CCC(=O)NC5=O)C6=O)C4)CC3)ccc2C1=O. The Morgan fingerprint density at radius 1 is 0.867 bits per heavy atom. The fraction of sp³-hybridized carbons (Fsp3) is 0.444. The second-order valence-electron chi connectivity index (χ2n) is 18.1. The molecule has 3 saturated heterocycles. The molecule has 4 fully saturated rings. The van der Waals surface area contributed by atoms with Crippen LogP contribution in [0.15, 0.2) is 54.6 Å². The lowest BCUT2D eigenvalue weighted by Gasteiger charge is -2.65. The van der Waals surface area contributed by atoms with Gasteiger partial charge in [0.2, 0.25) is 11.8 Å². The average molecular weight is 832 g/mol. The fourth-order valence-corrected chi connectivity index (χ4v) is 11.1. The highest BCUT2D eigenvalue weighted by Crippen LogP contribution is 2.59. The van der Waals surface area contributed by atoms with E-state index in [4.69, 9.17) is 16.3 Å². The highest BCUT2D eigenvalue weighted by molar-refractivity contribution is 6.31. The number of hydrogen-bond acceptors (Lipinski definition) is 10. The summed E-state index contributed by atoms with van der Waals surface area (Å²) in [6, 6.07) is 16.7. The maximum atomic E-state index is 13.9. The van der Waals surface area contributed by atoms with Crippen LogP contribution in [-0.2, 0) is 16.1 Å². The molecular formula is C45H46ClN7O7. The Labute approximate surface area is 352 Å². The molecule has 0 spiro atoms. The molecule has 6 aliphatic rings. The van der Waals surface area contributed by atoms with Gasteiger partial charge < -0.3 is 19.4 Å². The highest BCUT2D eigenvalue weighted by Gasteiger charge is 2.67. The number of hydrogen-bond donors (Lipinski definition) is 1. The van der Waals surface area contributed by atoms with Crippen molar-refractivity contribution in [2.45, 2.75) is 65.3 Å². The molecule has 5 heterocycles. The van der Waals surface area contributed by atoms with Gasteiger partial charge in [0.15, 0.2) is 0 Å². The van der Waals surface area contributed by atoms with E-state index in [9.17, 15) is 34.0 Å². The van der Waals surface area contributed by atoms with Crippen LogP contribution in [0.25, 0.3) is 0 Å². The lowest BCUT2D eigenvalue weighted by molar-refractivity contribution is -0.199. The average Bonchev–Trinajstić information content (AvgIpc) is 3.64. The van der Waals surface area contributed by atoms with Gasteiger partial charge in [0.1, 0.15) is 24.0 Å². The van der Waals surface area contributed by atoms with Gasteiger partial charge in [0.05, 0.1) is 21.7 Å². The van der Waals surface area contributed by atoms with Gasteiger partial charge in [-0.25, -0.2) is 0 Å². The third-order valence-corrected chi connectivity index (χ3v) is 13.8. The number of amides is 6. The van der Waals surface area contributed by atoms with Crippen molar-refractivity contribution in [2.75, 3.05) is 50.7 Å². The van der Waals surface area contributed by atoms with Crippen LogP contribution in [0.1, 0.15) is 93.1 Å². The van der Waals surface area contributed by atoms with Crippen LogP contribution in [-0.4, -0.2) is 119 Å². The van der Waals surface area contributed by atoms with Crippen molar-refractivity contribution in [1.82, 2.24) is 24.9 Å². The van der Waals surface area contributed by atoms with Gasteiger partial charge in [0.25, 0.3) is 23.6 Å². The number of nitriles is 1. The van der Waals surface area contributed by atoms with Gasteiger partial charge >= 0.3 is 0 Å². The highest BCUT2D eigenvalue weighted by atomic mass is 35.5. The fourth-order valence-electron chi connectivity index (χ4n) is 10.9. The summed E-state index contributed by atoms with van der Waals surface area (Å²) < 4.78 is 6.46. The summed E-state index contributed by atoms with van der Waals surface area (Å²) in [6.45, 7) is 14.0. The first-order valence-electron chi connectivity index (χ1n) is 20.5. The van der Waals surface area contributed by atoms with Crippen LogP contribution in [0.2, 0.25) is 5.02 Å². The van der Waals surface area contributed by atoms with Crippen molar-refractivity contribution >= 4 is 52.7 Å². The molecule has 1 N–H and O–H groups in total. The number of carbonyl (C=O) groups excluding carboxylic acids is 6. The van der Waals surface area contributed by atoms with Gasteiger partial charge in [-0.2, -0.15) is 5.26 Å². The Morgan fingerprint density at radius 2 is 1.57 bits per heavy atom. The maximum absolute atomic E-state index is 13.9. The van der Waals surface area contributed by atoms with E-state index in [2.05, 4.69) is 48.9 Å². The first-order chi connectivity index (χ1) is 28.6. The van der Waals surface area contributed by atoms with Crippen LogP contribution >= 0.6 is 11.6 Å². The number of fused-ring (bicyclic) bond motifs is 2. The van der Waals surface area contributed by atoms with Gasteiger partial charge in [-0.15, -0.1) is 0 Å². The summed E-state index contributed by atoms with van der Waals surface area (Å²) in [4.78, 5) is 87.4. The number of piperidine rings is 1. The van der Waals surface area contributed by atoms with Crippen molar-refractivity contribution in [3.05, 3.63) is 93.0 Å². The van der Waals surface area contributed by atoms with Gasteiger partial charge in [-0.05, 0) is 60.5 Å². The van der Waals surface area contributed by atoms with Crippen molar-refractivity contribution in [3.63, 3.8) is 0 Å². The van der Waals surface area contributed by atoms with E-state index in [1.165, 1.54) is 0 Å². The number of halogens is 1. The number of piperazine rings is 1. The van der Waals surface area contributed by atoms with Crippen molar-refractivity contribution < 1.29 is 33.5 Å². The molecule has 6 amide bonds. The number of nitrogens with zero attached hydrogens (tertiary/aromatic N) is 6. The summed E-state index contributed by atoms with van der Waals surface area (Å²) >= 11 is 6.29. The molecule has 1 unspecified atom stereocenters. The van der Waals surface area contributed by atoms with E-state index < -0.39 is 40.5 Å². The van der Waals surface area contributed by atoms with Gasteiger partial charge in [-0.1, -0.05) is 39.3 Å². The van der Waals surface area contributed by atoms with E-state index in [1.807, 2.05) is 21.9 Å². The molecule has 310 valence electrons. The Morgan fingerprint density at radius 3 is 2.25 bits per heavy atom. The predicted molar refractivity (Wildman–Crippen MR) is 219 cm³/mol. The van der Waals surface area contributed by atoms with Crippen molar-refractivity contribution in [1.29, 1.82) is 5.26 Å². The quantitative estimate of drug-likeness (QED) is 0.323. The summed E-state index contributed by atoms with van der Waals surface area (Å²) in [7, 11) is 0. The second-order valence-corrected chi connectivity index (χ2v) is 18.5. The summed E-state index contributed by atoms with van der Waals surface area (Å²) in [5, 5.41) is 11.8. The number of imide groups is 2. The van der Waals surface area contributed by atoms with E-state index in [0.29, 0.717) is 53.0 Å². The molecule has 3 aromatic rings. The van der Waals surface area contributed by atoms with E-state index >= 15 is 0 Å². The zero-order chi connectivity index (χ0) is 42.4. The lowest BCUT2D eigenvalue weighted by atomic mass is 9.49. The predicted octanol–water partition coefficient (Wildman–Crippen LogP) is 4.35. The molecule has 60 heavy (non-hydrogen) atoms. The molecule has 0 bridgehead atoms. The molecule has 1 atom stereocenters. The topological polar surface area (TPSA) is 164 Å². The summed E-state index contributed by atoms with van der Waals surface area (Å²) in [6.07, 6.45) is -0.0307. The number of anilines is 1. The van der Waals surface area contributed by atoms with E-state index in [0.717, 1.165) is 48.9 Å².